The topological polar surface area (TPSA) is 46.2 Å². The van der Waals surface area contributed by atoms with Crippen LogP contribution in [-0.4, -0.2) is 14.7 Å². The van der Waals surface area contributed by atoms with Gasteiger partial charge >= 0.3 is 0 Å². The molecule has 0 heterocycles. The van der Waals surface area contributed by atoms with E-state index >= 15 is 0 Å². The van der Waals surface area contributed by atoms with Crippen molar-refractivity contribution in [2.45, 2.75) is 18.0 Å². The molecular weight excluding hydrogens is 313 g/mol. The molecule has 0 aliphatic rings. The van der Waals surface area contributed by atoms with Crippen LogP contribution in [-0.2, 0) is 22.9 Å². The summed E-state index contributed by atoms with van der Waals surface area (Å²) in [7, 11) is -3.18. The molecule has 6 heteroatoms. The third-order valence-electron chi connectivity index (χ3n) is 3.03. The predicted octanol–water partition coefficient (Wildman–Crippen LogP) is 3.17. The second kappa shape index (κ2) is 6.56. The van der Waals surface area contributed by atoms with Gasteiger partial charge in [-0.05, 0) is 23.8 Å². The fourth-order valence-electron chi connectivity index (χ4n) is 1.88. The zero-order valence-electron chi connectivity index (χ0n) is 11.4. The van der Waals surface area contributed by atoms with Crippen LogP contribution in [0.2, 0.25) is 5.02 Å². The maximum atomic E-state index is 13.7. The molecule has 2 aromatic carbocycles. The molecule has 0 fully saturated rings. The second-order valence-electron chi connectivity index (χ2n) is 4.73. The number of sulfone groups is 1. The zero-order chi connectivity index (χ0) is 15.5. The first-order valence-electron chi connectivity index (χ1n) is 6.30. The van der Waals surface area contributed by atoms with Crippen molar-refractivity contribution in [2.75, 3.05) is 6.26 Å². The number of benzene rings is 2. The minimum Gasteiger partial charge on any atom is -0.309 e. The van der Waals surface area contributed by atoms with Gasteiger partial charge in [0.2, 0.25) is 0 Å². The first-order chi connectivity index (χ1) is 9.88. The molecule has 0 aromatic heterocycles. The highest BCUT2D eigenvalue weighted by Gasteiger charge is 2.07. The van der Waals surface area contributed by atoms with Gasteiger partial charge in [-0.3, -0.25) is 0 Å². The number of nitrogens with one attached hydrogen (secondary N) is 1. The van der Waals surface area contributed by atoms with Crippen LogP contribution in [0.15, 0.2) is 47.4 Å². The minimum atomic E-state index is -3.18. The maximum absolute atomic E-state index is 13.7. The Morgan fingerprint density at radius 2 is 1.76 bits per heavy atom. The third kappa shape index (κ3) is 4.27. The molecule has 0 atom stereocenters. The standard InChI is InChI=1S/C15H15ClFNO2S/c1-21(19,20)13-7-5-11(6-8-13)9-18-10-12-3-2-4-14(16)15(12)17/h2-8,18H,9-10H2,1H3. The number of hydrogen-bond donors (Lipinski definition) is 1. The Labute approximate surface area is 128 Å². The summed E-state index contributed by atoms with van der Waals surface area (Å²) < 4.78 is 36.4. The van der Waals surface area contributed by atoms with Gasteiger partial charge in [-0.1, -0.05) is 35.9 Å². The van der Waals surface area contributed by atoms with Gasteiger partial charge in [0.25, 0.3) is 0 Å². The number of halogens is 2. The monoisotopic (exact) mass is 327 g/mol. The van der Waals surface area contributed by atoms with Crippen LogP contribution in [0.5, 0.6) is 0 Å². The highest BCUT2D eigenvalue weighted by Crippen LogP contribution is 2.17. The van der Waals surface area contributed by atoms with Crippen LogP contribution in [0.1, 0.15) is 11.1 Å². The van der Waals surface area contributed by atoms with Gasteiger partial charge in [0.05, 0.1) is 9.92 Å². The highest BCUT2D eigenvalue weighted by molar-refractivity contribution is 7.90. The van der Waals surface area contributed by atoms with Crippen molar-refractivity contribution in [3.8, 4) is 0 Å². The lowest BCUT2D eigenvalue weighted by Gasteiger charge is -2.07. The van der Waals surface area contributed by atoms with E-state index in [1.165, 1.54) is 12.3 Å². The second-order valence-corrected chi connectivity index (χ2v) is 7.16. The predicted molar refractivity (Wildman–Crippen MR) is 81.5 cm³/mol. The summed E-state index contributed by atoms with van der Waals surface area (Å²) >= 11 is 5.71. The summed E-state index contributed by atoms with van der Waals surface area (Å²) in [4.78, 5) is 0.284. The quantitative estimate of drug-likeness (QED) is 0.917. The van der Waals surface area contributed by atoms with Crippen molar-refractivity contribution in [3.05, 3.63) is 64.4 Å². The Morgan fingerprint density at radius 1 is 1.10 bits per heavy atom. The summed E-state index contributed by atoms with van der Waals surface area (Å²) in [5.74, 6) is -0.418. The van der Waals surface area contributed by atoms with Crippen molar-refractivity contribution >= 4 is 21.4 Å². The van der Waals surface area contributed by atoms with Gasteiger partial charge in [-0.25, -0.2) is 12.8 Å². The van der Waals surface area contributed by atoms with E-state index in [0.717, 1.165) is 5.56 Å². The summed E-state index contributed by atoms with van der Waals surface area (Å²) in [6.45, 7) is 0.857. The highest BCUT2D eigenvalue weighted by atomic mass is 35.5. The Morgan fingerprint density at radius 3 is 2.38 bits per heavy atom. The molecule has 3 nitrogen and oxygen atoms in total. The molecule has 0 unspecified atom stereocenters. The smallest absolute Gasteiger partial charge is 0.175 e. The average Bonchev–Trinajstić information content (AvgIpc) is 2.43. The molecule has 0 spiro atoms. The lowest BCUT2D eigenvalue weighted by molar-refractivity contribution is 0.588. The van der Waals surface area contributed by atoms with Crippen molar-refractivity contribution in [3.63, 3.8) is 0 Å². The molecule has 0 aliphatic carbocycles. The first-order valence-corrected chi connectivity index (χ1v) is 8.57. The van der Waals surface area contributed by atoms with E-state index in [1.807, 2.05) is 0 Å². The van der Waals surface area contributed by atoms with Gasteiger partial charge in [0.15, 0.2) is 9.84 Å². The molecule has 0 saturated carbocycles. The van der Waals surface area contributed by atoms with Crippen LogP contribution < -0.4 is 5.32 Å². The Bertz CT molecular complexity index is 730. The summed E-state index contributed by atoms with van der Waals surface area (Å²) in [6, 6.07) is 11.5. The van der Waals surface area contributed by atoms with Crippen molar-refractivity contribution < 1.29 is 12.8 Å². The van der Waals surface area contributed by atoms with Crippen molar-refractivity contribution in [1.82, 2.24) is 5.32 Å². The van der Waals surface area contributed by atoms with Crippen LogP contribution in [0.25, 0.3) is 0 Å². The molecule has 21 heavy (non-hydrogen) atoms. The van der Waals surface area contributed by atoms with E-state index < -0.39 is 15.7 Å². The summed E-state index contributed by atoms with van der Waals surface area (Å²) in [5, 5.41) is 3.20. The van der Waals surface area contributed by atoms with Crippen molar-refractivity contribution in [1.29, 1.82) is 0 Å². The van der Waals surface area contributed by atoms with Gasteiger partial charge in [-0.2, -0.15) is 0 Å². The molecule has 0 bridgehead atoms. The van der Waals surface area contributed by atoms with Gasteiger partial charge < -0.3 is 5.32 Å². The van der Waals surface area contributed by atoms with Crippen LogP contribution in [0, 0.1) is 5.82 Å². The van der Waals surface area contributed by atoms with E-state index in [1.54, 1.807) is 36.4 Å². The molecule has 0 radical (unpaired) electrons. The average molecular weight is 328 g/mol. The lowest BCUT2D eigenvalue weighted by atomic mass is 10.2. The fraction of sp³-hybridized carbons (Fsp3) is 0.200. The fourth-order valence-corrected chi connectivity index (χ4v) is 2.71. The minimum absolute atomic E-state index is 0.104. The third-order valence-corrected chi connectivity index (χ3v) is 4.45. The van der Waals surface area contributed by atoms with E-state index in [2.05, 4.69) is 5.32 Å². The maximum Gasteiger partial charge on any atom is 0.175 e. The Hall–Kier alpha value is -1.43. The SMILES string of the molecule is CS(=O)(=O)c1ccc(CNCc2cccc(Cl)c2F)cc1. The van der Waals surface area contributed by atoms with E-state index in [-0.39, 0.29) is 9.92 Å². The van der Waals surface area contributed by atoms with Gasteiger partial charge in [0, 0.05) is 24.9 Å². The molecule has 0 saturated heterocycles. The van der Waals surface area contributed by atoms with E-state index in [4.69, 9.17) is 11.6 Å². The van der Waals surface area contributed by atoms with Gasteiger partial charge in [0.1, 0.15) is 5.82 Å². The molecule has 2 rings (SSSR count). The molecule has 2 aromatic rings. The lowest BCUT2D eigenvalue weighted by Crippen LogP contribution is -2.14. The molecule has 0 aliphatic heterocycles. The molecule has 0 amide bonds. The van der Waals surface area contributed by atoms with Crippen LogP contribution in [0.3, 0.4) is 0 Å². The normalized spacial score (nSPS) is 11.6. The first kappa shape index (κ1) is 15.9. The van der Waals surface area contributed by atoms with Crippen LogP contribution >= 0.6 is 11.6 Å². The molecule has 112 valence electrons. The summed E-state index contributed by atoms with van der Waals surface area (Å²) in [6.07, 6.45) is 1.17. The Balaban J connectivity index is 1.96. The van der Waals surface area contributed by atoms with Crippen LogP contribution in [0.4, 0.5) is 4.39 Å². The zero-order valence-corrected chi connectivity index (χ0v) is 13.0. The molecule has 1 N–H and O–H groups in total. The van der Waals surface area contributed by atoms with E-state index in [0.29, 0.717) is 18.7 Å². The number of rotatable bonds is 5. The summed E-state index contributed by atoms with van der Waals surface area (Å²) in [5.41, 5.74) is 1.42. The van der Waals surface area contributed by atoms with Crippen molar-refractivity contribution in [2.24, 2.45) is 0 Å². The van der Waals surface area contributed by atoms with Gasteiger partial charge in [-0.15, -0.1) is 0 Å². The largest absolute Gasteiger partial charge is 0.309 e. The number of hydrogen-bond acceptors (Lipinski definition) is 3. The Kier molecular flexibility index (Phi) is 4.98. The molecular formula is C15H15ClFNO2S. The van der Waals surface area contributed by atoms with E-state index in [9.17, 15) is 12.8 Å².